The Balaban J connectivity index is 1.43. The molecule has 0 saturated carbocycles. The smallest absolute Gasteiger partial charge is 0.165 e. The molecule has 0 amide bonds. The third kappa shape index (κ3) is 3.19. The van der Waals surface area contributed by atoms with Crippen molar-refractivity contribution in [3.05, 3.63) is 41.3 Å². The molecule has 4 nitrogen and oxygen atoms in total. The van der Waals surface area contributed by atoms with E-state index >= 15 is 0 Å². The maximum atomic E-state index is 14.7. The van der Waals surface area contributed by atoms with Crippen molar-refractivity contribution in [3.63, 3.8) is 0 Å². The van der Waals surface area contributed by atoms with Gasteiger partial charge in [0, 0.05) is 22.5 Å². The van der Waals surface area contributed by atoms with E-state index in [2.05, 4.69) is 34.2 Å². The number of rotatable bonds is 3. The number of likely N-dealkylation sites (tertiary alicyclic amines) is 1. The van der Waals surface area contributed by atoms with Crippen LogP contribution in [0.15, 0.2) is 34.9 Å². The summed E-state index contributed by atoms with van der Waals surface area (Å²) in [6.07, 6.45) is 4.70. The van der Waals surface area contributed by atoms with Gasteiger partial charge in [-0.25, -0.2) is 14.4 Å². The minimum Gasteiger partial charge on any atom is -0.353 e. The number of aromatic nitrogens is 2. The number of hydrogen-bond acceptors (Lipinski definition) is 6. The first kappa shape index (κ1) is 18.3. The van der Waals surface area contributed by atoms with Crippen molar-refractivity contribution < 1.29 is 4.39 Å². The van der Waals surface area contributed by atoms with Crippen molar-refractivity contribution >= 4 is 44.7 Å². The zero-order valence-corrected chi connectivity index (χ0v) is 17.6. The van der Waals surface area contributed by atoms with Gasteiger partial charge in [-0.2, -0.15) is 0 Å². The molecule has 1 fully saturated rings. The molecule has 0 spiro atoms. The van der Waals surface area contributed by atoms with Crippen LogP contribution in [0.2, 0.25) is 0 Å². The summed E-state index contributed by atoms with van der Waals surface area (Å²) < 4.78 is 15.9. The van der Waals surface area contributed by atoms with Gasteiger partial charge in [0.15, 0.2) is 5.82 Å². The third-order valence-electron chi connectivity index (χ3n) is 6.20. The lowest BCUT2D eigenvalue weighted by atomic mass is 9.85. The van der Waals surface area contributed by atoms with Gasteiger partial charge in [0.05, 0.1) is 27.6 Å². The number of thiazole rings is 1. The Kier molecular flexibility index (Phi) is 4.77. The molecule has 28 heavy (non-hydrogen) atoms. The largest absolute Gasteiger partial charge is 0.353 e. The highest BCUT2D eigenvalue weighted by Gasteiger charge is 2.38. The summed E-state index contributed by atoms with van der Waals surface area (Å²) in [7, 11) is 2.21. The van der Waals surface area contributed by atoms with Gasteiger partial charge < -0.3 is 10.2 Å². The number of pyridine rings is 1. The summed E-state index contributed by atoms with van der Waals surface area (Å²) in [5.41, 5.74) is 5.24. The minimum atomic E-state index is -0.285. The van der Waals surface area contributed by atoms with Crippen LogP contribution in [-0.4, -0.2) is 39.8 Å². The molecular weight excluding hydrogens is 391 g/mol. The van der Waals surface area contributed by atoms with E-state index in [1.807, 2.05) is 35.5 Å². The molecule has 3 aromatic rings. The lowest BCUT2D eigenvalue weighted by Gasteiger charge is -2.39. The number of anilines is 2. The quantitative estimate of drug-likeness (QED) is 0.628. The van der Waals surface area contributed by atoms with E-state index in [4.69, 9.17) is 0 Å². The molecule has 2 aromatic heterocycles. The summed E-state index contributed by atoms with van der Waals surface area (Å²) in [6.45, 7) is 3.49. The number of nitrogens with one attached hydrogen (secondary N) is 1. The van der Waals surface area contributed by atoms with Gasteiger partial charge in [0.25, 0.3) is 0 Å². The third-order valence-corrected chi connectivity index (χ3v) is 8.41. The first-order valence-electron chi connectivity index (χ1n) is 9.74. The molecule has 5 rings (SSSR count). The van der Waals surface area contributed by atoms with Gasteiger partial charge in [-0.1, -0.05) is 0 Å². The lowest BCUT2D eigenvalue weighted by Crippen LogP contribution is -2.44. The highest BCUT2D eigenvalue weighted by molar-refractivity contribution is 8.00. The van der Waals surface area contributed by atoms with Crippen molar-refractivity contribution in [2.24, 2.45) is 5.92 Å². The van der Waals surface area contributed by atoms with Crippen LogP contribution in [0.4, 0.5) is 15.8 Å². The highest BCUT2D eigenvalue weighted by Crippen LogP contribution is 2.46. The molecule has 2 aliphatic rings. The molecule has 0 bridgehead atoms. The second-order valence-electron chi connectivity index (χ2n) is 7.81. The maximum absolute atomic E-state index is 14.7. The van der Waals surface area contributed by atoms with E-state index in [0.717, 1.165) is 32.9 Å². The van der Waals surface area contributed by atoms with Crippen LogP contribution in [-0.2, 0) is 6.42 Å². The van der Waals surface area contributed by atoms with Gasteiger partial charge in [-0.15, -0.1) is 23.1 Å². The zero-order valence-electron chi connectivity index (χ0n) is 16.0. The number of benzene rings is 1. The summed E-state index contributed by atoms with van der Waals surface area (Å²) >= 11 is 3.44. The molecular formula is C21H23FN4S2. The van der Waals surface area contributed by atoms with Crippen molar-refractivity contribution in [3.8, 4) is 0 Å². The Hall–Kier alpha value is -1.70. The van der Waals surface area contributed by atoms with Crippen LogP contribution in [0.1, 0.15) is 25.3 Å². The molecule has 1 aromatic carbocycles. The van der Waals surface area contributed by atoms with E-state index in [1.54, 1.807) is 11.3 Å². The molecule has 146 valence electrons. The fourth-order valence-electron chi connectivity index (χ4n) is 4.48. The van der Waals surface area contributed by atoms with E-state index in [1.165, 1.54) is 25.6 Å². The molecule has 3 atom stereocenters. The number of thioether (sulfide) groups is 1. The average molecular weight is 415 g/mol. The Morgan fingerprint density at radius 3 is 3.07 bits per heavy atom. The topological polar surface area (TPSA) is 41.1 Å². The number of halogens is 1. The van der Waals surface area contributed by atoms with Crippen LogP contribution < -0.4 is 5.32 Å². The normalized spacial score (nSPS) is 25.2. The van der Waals surface area contributed by atoms with Gasteiger partial charge >= 0.3 is 0 Å². The second kappa shape index (κ2) is 7.28. The van der Waals surface area contributed by atoms with E-state index in [0.29, 0.717) is 22.9 Å². The van der Waals surface area contributed by atoms with Crippen LogP contribution in [0.5, 0.6) is 0 Å². The Morgan fingerprint density at radius 2 is 2.18 bits per heavy atom. The van der Waals surface area contributed by atoms with Crippen molar-refractivity contribution in [2.45, 2.75) is 42.5 Å². The van der Waals surface area contributed by atoms with Gasteiger partial charge in [0.1, 0.15) is 5.03 Å². The first-order chi connectivity index (χ1) is 13.6. The second-order valence-corrected chi connectivity index (χ2v) is 9.93. The standard InChI is InChI=1S/C21H23FN4S2/c1-12-14(4-3-7-26(12)2)19-9-15-20(16(22)10-23-21(15)28-19)25-13-5-6-18-17(8-13)24-11-27-18/h5-6,8,10-12,14,19H,3-4,7,9H2,1-2H3,(H,23,25)/t12-,14+,19?/m0/s1. The van der Waals surface area contributed by atoms with E-state index < -0.39 is 0 Å². The minimum absolute atomic E-state index is 0.285. The molecule has 4 heterocycles. The van der Waals surface area contributed by atoms with Crippen molar-refractivity contribution in [1.82, 2.24) is 14.9 Å². The Morgan fingerprint density at radius 1 is 1.29 bits per heavy atom. The number of fused-ring (bicyclic) bond motifs is 2. The molecule has 1 saturated heterocycles. The van der Waals surface area contributed by atoms with E-state index in [9.17, 15) is 4.39 Å². The lowest BCUT2D eigenvalue weighted by molar-refractivity contribution is 0.132. The van der Waals surface area contributed by atoms with Gasteiger partial charge in [-0.05, 0) is 63.9 Å². The fourth-order valence-corrected chi connectivity index (χ4v) is 6.66. The fraction of sp³-hybridized carbons (Fsp3) is 0.429. The number of piperidine rings is 1. The molecule has 1 unspecified atom stereocenters. The zero-order chi connectivity index (χ0) is 19.3. The van der Waals surface area contributed by atoms with Crippen molar-refractivity contribution in [1.29, 1.82) is 0 Å². The first-order valence-corrected chi connectivity index (χ1v) is 11.5. The molecule has 0 aliphatic carbocycles. The number of hydrogen-bond donors (Lipinski definition) is 1. The monoisotopic (exact) mass is 414 g/mol. The van der Waals surface area contributed by atoms with Crippen LogP contribution in [0, 0.1) is 11.7 Å². The predicted molar refractivity (Wildman–Crippen MR) is 115 cm³/mol. The van der Waals surface area contributed by atoms with Crippen LogP contribution >= 0.6 is 23.1 Å². The summed E-state index contributed by atoms with van der Waals surface area (Å²) in [6, 6.07) is 6.56. The summed E-state index contributed by atoms with van der Waals surface area (Å²) in [4.78, 5) is 11.2. The maximum Gasteiger partial charge on any atom is 0.165 e. The molecule has 0 radical (unpaired) electrons. The molecule has 1 N–H and O–H groups in total. The van der Waals surface area contributed by atoms with E-state index in [-0.39, 0.29) is 5.82 Å². The molecule has 7 heteroatoms. The SMILES string of the molecule is C[C@H]1[C@H](C2Cc3c(ncc(F)c3Nc3ccc4scnc4c3)S2)CCCN1C. The predicted octanol–water partition coefficient (Wildman–Crippen LogP) is 5.32. The molecule has 2 aliphatic heterocycles. The average Bonchev–Trinajstić information content (AvgIpc) is 3.32. The number of nitrogens with zero attached hydrogens (tertiary/aromatic N) is 3. The summed E-state index contributed by atoms with van der Waals surface area (Å²) in [5, 5.41) is 4.76. The highest BCUT2D eigenvalue weighted by atomic mass is 32.2. The summed E-state index contributed by atoms with van der Waals surface area (Å²) in [5.74, 6) is 0.326. The van der Waals surface area contributed by atoms with Gasteiger partial charge in [-0.3, -0.25) is 0 Å². The van der Waals surface area contributed by atoms with Gasteiger partial charge in [0.2, 0.25) is 0 Å². The van der Waals surface area contributed by atoms with Crippen LogP contribution in [0.3, 0.4) is 0 Å². The van der Waals surface area contributed by atoms with Crippen molar-refractivity contribution in [2.75, 3.05) is 18.9 Å². The Bertz CT molecular complexity index is 1020. The van der Waals surface area contributed by atoms with Crippen LogP contribution in [0.25, 0.3) is 10.2 Å². The Labute approximate surface area is 172 Å².